The lowest BCUT2D eigenvalue weighted by molar-refractivity contribution is -0.136. The molecule has 1 aromatic heterocycles. The summed E-state index contributed by atoms with van der Waals surface area (Å²) in [5, 5.41) is 12.8. The van der Waals surface area contributed by atoms with Crippen molar-refractivity contribution in [3.63, 3.8) is 0 Å². The van der Waals surface area contributed by atoms with Crippen LogP contribution in [0.25, 0.3) is 0 Å². The van der Waals surface area contributed by atoms with Gasteiger partial charge >= 0.3 is 5.97 Å². The van der Waals surface area contributed by atoms with E-state index in [1.165, 1.54) is 6.42 Å². The quantitative estimate of drug-likeness (QED) is 0.543. The van der Waals surface area contributed by atoms with Crippen LogP contribution in [-0.4, -0.2) is 33.8 Å². The molecule has 1 fully saturated rings. The number of thioether (sulfide) groups is 1. The van der Waals surface area contributed by atoms with Crippen LogP contribution in [0.3, 0.4) is 0 Å². The minimum Gasteiger partial charge on any atom is -0.481 e. The number of rotatable bonds is 9. The van der Waals surface area contributed by atoms with Crippen LogP contribution in [-0.2, 0) is 11.2 Å². The molecule has 160 valence electrons. The van der Waals surface area contributed by atoms with Gasteiger partial charge in [-0.1, -0.05) is 38.3 Å². The van der Waals surface area contributed by atoms with Gasteiger partial charge in [-0.05, 0) is 48.8 Å². The molecule has 1 amide bonds. The van der Waals surface area contributed by atoms with E-state index in [-0.39, 0.29) is 18.4 Å². The Labute approximate surface area is 181 Å². The van der Waals surface area contributed by atoms with Crippen LogP contribution in [0.5, 0.6) is 11.6 Å². The minimum atomic E-state index is -0.892. The van der Waals surface area contributed by atoms with Crippen LogP contribution >= 0.6 is 11.8 Å². The Balaban J connectivity index is 1.76. The summed E-state index contributed by atoms with van der Waals surface area (Å²) in [6.07, 6.45) is 6.53. The predicted molar refractivity (Wildman–Crippen MR) is 117 cm³/mol. The molecular weight excluding hydrogens is 400 g/mol. The van der Waals surface area contributed by atoms with E-state index in [0.717, 1.165) is 37.9 Å². The molecule has 0 aliphatic heterocycles. The molecule has 0 saturated heterocycles. The number of aliphatic carboxylic acids is 1. The van der Waals surface area contributed by atoms with Gasteiger partial charge in [0.15, 0.2) is 0 Å². The normalized spacial score (nSPS) is 14.3. The van der Waals surface area contributed by atoms with Crippen molar-refractivity contribution in [2.75, 3.05) is 5.75 Å². The fraction of sp³-hybridized carbons (Fsp3) is 0.435. The first-order valence-electron chi connectivity index (χ1n) is 10.5. The van der Waals surface area contributed by atoms with E-state index in [9.17, 15) is 9.59 Å². The molecule has 0 atom stereocenters. The molecule has 0 unspecified atom stereocenters. The van der Waals surface area contributed by atoms with Crippen LogP contribution in [0.1, 0.15) is 61.4 Å². The Morgan fingerprint density at radius 2 is 2.00 bits per heavy atom. The number of carbonyl (C=O) groups excluding carboxylic acids is 1. The first-order valence-corrected chi connectivity index (χ1v) is 11.5. The highest BCUT2D eigenvalue weighted by Crippen LogP contribution is 2.28. The fourth-order valence-corrected chi connectivity index (χ4v) is 4.35. The fourth-order valence-electron chi connectivity index (χ4n) is 3.49. The van der Waals surface area contributed by atoms with Crippen molar-refractivity contribution in [2.45, 2.75) is 62.9 Å². The van der Waals surface area contributed by atoms with E-state index in [4.69, 9.17) is 9.84 Å². The number of benzene rings is 1. The van der Waals surface area contributed by atoms with Crippen LogP contribution in [0.4, 0.5) is 0 Å². The zero-order valence-electron chi connectivity index (χ0n) is 17.2. The average molecular weight is 429 g/mol. The molecule has 0 spiro atoms. The second-order valence-corrected chi connectivity index (χ2v) is 8.56. The predicted octanol–water partition coefficient (Wildman–Crippen LogP) is 5.07. The van der Waals surface area contributed by atoms with Gasteiger partial charge in [0.05, 0.1) is 12.0 Å². The second-order valence-electron chi connectivity index (χ2n) is 7.48. The first-order chi connectivity index (χ1) is 14.5. The van der Waals surface area contributed by atoms with E-state index < -0.39 is 5.97 Å². The third-order valence-corrected chi connectivity index (χ3v) is 6.14. The van der Waals surface area contributed by atoms with E-state index in [0.29, 0.717) is 27.8 Å². The number of ether oxygens (including phenoxy) is 1. The van der Waals surface area contributed by atoms with Crippen molar-refractivity contribution in [1.29, 1.82) is 0 Å². The molecule has 1 saturated carbocycles. The van der Waals surface area contributed by atoms with Crippen molar-refractivity contribution >= 4 is 23.6 Å². The van der Waals surface area contributed by atoms with Crippen molar-refractivity contribution in [2.24, 2.45) is 0 Å². The number of pyridine rings is 1. The van der Waals surface area contributed by atoms with Gasteiger partial charge in [-0.3, -0.25) is 9.59 Å². The van der Waals surface area contributed by atoms with Crippen LogP contribution < -0.4 is 10.1 Å². The number of nitrogens with one attached hydrogen (secondary N) is 1. The molecule has 30 heavy (non-hydrogen) atoms. The highest BCUT2D eigenvalue weighted by Gasteiger charge is 2.20. The van der Waals surface area contributed by atoms with Crippen LogP contribution in [0, 0.1) is 0 Å². The van der Waals surface area contributed by atoms with Gasteiger partial charge in [0.1, 0.15) is 10.8 Å². The summed E-state index contributed by atoms with van der Waals surface area (Å²) in [5.41, 5.74) is 1.23. The maximum atomic E-state index is 12.9. The molecule has 1 aliphatic carbocycles. The van der Waals surface area contributed by atoms with Gasteiger partial charge in [0.2, 0.25) is 5.88 Å². The summed E-state index contributed by atoms with van der Waals surface area (Å²) in [5.74, 6) is 0.788. The molecular formula is C23H28N2O4S. The zero-order valence-corrected chi connectivity index (χ0v) is 18.0. The first kappa shape index (κ1) is 22.2. The van der Waals surface area contributed by atoms with E-state index in [2.05, 4.69) is 17.2 Å². The molecule has 7 heteroatoms. The maximum absolute atomic E-state index is 12.9. The smallest absolute Gasteiger partial charge is 0.307 e. The van der Waals surface area contributed by atoms with E-state index >= 15 is 0 Å². The molecule has 2 N–H and O–H groups in total. The highest BCUT2D eigenvalue weighted by molar-refractivity contribution is 7.99. The van der Waals surface area contributed by atoms with Gasteiger partial charge in [0, 0.05) is 12.1 Å². The molecule has 1 aliphatic rings. The van der Waals surface area contributed by atoms with Crippen molar-refractivity contribution in [3.8, 4) is 11.6 Å². The van der Waals surface area contributed by atoms with Crippen molar-refractivity contribution in [3.05, 3.63) is 47.5 Å². The van der Waals surface area contributed by atoms with E-state index in [1.807, 2.05) is 0 Å². The molecule has 0 bridgehead atoms. The average Bonchev–Trinajstić information content (AvgIpc) is 2.73. The number of amides is 1. The van der Waals surface area contributed by atoms with E-state index in [1.54, 1.807) is 48.2 Å². The molecule has 1 aromatic carbocycles. The van der Waals surface area contributed by atoms with Gasteiger partial charge in [0.25, 0.3) is 5.91 Å². The molecule has 1 heterocycles. The molecule has 3 rings (SSSR count). The number of carboxylic acids is 1. The highest BCUT2D eigenvalue weighted by atomic mass is 32.2. The molecule has 6 nitrogen and oxygen atoms in total. The standard InChI is InChI=1S/C23H28N2O4S/c1-2-13-30-23-19(22(28)24-17-8-4-3-5-9-17)11-12-20(25-23)29-18-10-6-7-16(14-18)15-21(26)27/h6-7,10-12,14,17H,2-5,8-9,13,15H2,1H3,(H,24,28)(H,26,27). The monoisotopic (exact) mass is 428 g/mol. The zero-order chi connectivity index (χ0) is 21.3. The number of carbonyl (C=O) groups is 2. The Morgan fingerprint density at radius 3 is 2.73 bits per heavy atom. The SMILES string of the molecule is CCCSc1nc(Oc2cccc(CC(=O)O)c2)ccc1C(=O)NC1CCCCC1. The largest absolute Gasteiger partial charge is 0.481 e. The number of hydrogen-bond acceptors (Lipinski definition) is 5. The summed E-state index contributed by atoms with van der Waals surface area (Å²) < 4.78 is 5.86. The van der Waals surface area contributed by atoms with Crippen molar-refractivity contribution in [1.82, 2.24) is 10.3 Å². The Morgan fingerprint density at radius 1 is 1.20 bits per heavy atom. The summed E-state index contributed by atoms with van der Waals surface area (Å²) in [6, 6.07) is 10.6. The third kappa shape index (κ3) is 6.49. The Kier molecular flexibility index (Phi) is 8.13. The molecule has 0 radical (unpaired) electrons. The maximum Gasteiger partial charge on any atom is 0.307 e. The van der Waals surface area contributed by atoms with Crippen molar-refractivity contribution < 1.29 is 19.4 Å². The summed E-state index contributed by atoms with van der Waals surface area (Å²) in [7, 11) is 0. The lowest BCUT2D eigenvalue weighted by Gasteiger charge is -2.23. The number of carboxylic acid groups (broad SMARTS) is 1. The summed E-state index contributed by atoms with van der Waals surface area (Å²) >= 11 is 1.54. The second kappa shape index (κ2) is 11.0. The Bertz CT molecular complexity index is 881. The topological polar surface area (TPSA) is 88.5 Å². The van der Waals surface area contributed by atoms with Crippen LogP contribution in [0.15, 0.2) is 41.4 Å². The lowest BCUT2D eigenvalue weighted by atomic mass is 9.95. The van der Waals surface area contributed by atoms with Gasteiger partial charge < -0.3 is 15.2 Å². The number of nitrogens with zero attached hydrogens (tertiary/aromatic N) is 1. The molecule has 2 aromatic rings. The third-order valence-electron chi connectivity index (χ3n) is 4.94. The van der Waals surface area contributed by atoms with Crippen LogP contribution in [0.2, 0.25) is 0 Å². The minimum absolute atomic E-state index is 0.0670. The number of aromatic nitrogens is 1. The Hall–Kier alpha value is -2.54. The number of hydrogen-bond donors (Lipinski definition) is 2. The van der Waals surface area contributed by atoms with Gasteiger partial charge in [-0.2, -0.15) is 0 Å². The summed E-state index contributed by atoms with van der Waals surface area (Å²) in [4.78, 5) is 28.4. The van der Waals surface area contributed by atoms with Gasteiger partial charge in [-0.25, -0.2) is 4.98 Å². The lowest BCUT2D eigenvalue weighted by Crippen LogP contribution is -2.36. The summed E-state index contributed by atoms with van der Waals surface area (Å²) in [6.45, 7) is 2.09. The van der Waals surface area contributed by atoms with Gasteiger partial charge in [-0.15, -0.1) is 11.8 Å².